The van der Waals surface area contributed by atoms with Crippen LogP contribution in [0.5, 0.6) is 0 Å². The predicted molar refractivity (Wildman–Crippen MR) is 166 cm³/mol. The molecule has 10 heteroatoms. The van der Waals surface area contributed by atoms with Gasteiger partial charge in [0.05, 0.1) is 35.1 Å². The fourth-order valence-corrected chi connectivity index (χ4v) is 2.45. The monoisotopic (exact) mass is 583 g/mol. The van der Waals surface area contributed by atoms with Crippen molar-refractivity contribution < 1.29 is 12.6 Å². The third-order valence-corrected chi connectivity index (χ3v) is 4.20. The molecule has 0 fully saturated rings. The van der Waals surface area contributed by atoms with Crippen LogP contribution in [0.25, 0.3) is 0 Å². The molecule has 0 aliphatic rings. The van der Waals surface area contributed by atoms with Crippen LogP contribution in [0.15, 0.2) is 119 Å². The molecule has 0 spiro atoms. The molecule has 0 saturated carbocycles. The lowest BCUT2D eigenvalue weighted by Crippen LogP contribution is -1.87. The SMILES string of the molecule is C=CCN=C=S.Cc1ccccc1.O=S(=O)=O.S=C=NCCc1ccccc1.S=C=NCc1ccccc1. The highest BCUT2D eigenvalue weighted by Gasteiger charge is 1.87. The van der Waals surface area contributed by atoms with Gasteiger partial charge in [0.1, 0.15) is 0 Å². The van der Waals surface area contributed by atoms with E-state index in [2.05, 4.69) is 105 Å². The molecule has 0 heterocycles. The van der Waals surface area contributed by atoms with Crippen molar-refractivity contribution in [2.75, 3.05) is 13.1 Å². The van der Waals surface area contributed by atoms with Crippen molar-refractivity contribution in [2.24, 2.45) is 15.0 Å². The number of aliphatic imine (C=N–C) groups is 3. The van der Waals surface area contributed by atoms with Gasteiger partial charge >= 0.3 is 10.6 Å². The Hall–Kier alpha value is -3.58. The van der Waals surface area contributed by atoms with Crippen LogP contribution in [-0.2, 0) is 23.6 Å². The molecule has 3 aromatic rings. The first-order valence-corrected chi connectivity index (χ1v) is 13.2. The summed E-state index contributed by atoms with van der Waals surface area (Å²) in [5.41, 5.74) is 3.78. The molecule has 0 radical (unpaired) electrons. The molecule has 6 nitrogen and oxygen atoms in total. The molecule has 0 N–H and O–H groups in total. The minimum Gasteiger partial charge on any atom is -0.232 e. The maximum Gasteiger partial charge on any atom is 0.425 e. The Bertz CT molecular complexity index is 1250. The molecule has 3 rings (SSSR count). The summed E-state index contributed by atoms with van der Waals surface area (Å²) in [5.74, 6) is 0. The zero-order chi connectivity index (χ0) is 28.7. The molecule has 0 saturated heterocycles. The Labute approximate surface area is 242 Å². The zero-order valence-electron chi connectivity index (χ0n) is 21.0. The molecule has 0 atom stereocenters. The molecule has 3 aromatic carbocycles. The van der Waals surface area contributed by atoms with Crippen LogP contribution in [0.1, 0.15) is 16.7 Å². The molecule has 0 aliphatic carbocycles. The molecule has 38 heavy (non-hydrogen) atoms. The van der Waals surface area contributed by atoms with Crippen molar-refractivity contribution in [3.8, 4) is 0 Å². The lowest BCUT2D eigenvalue weighted by molar-refractivity contribution is 0.559. The molecule has 0 amide bonds. The van der Waals surface area contributed by atoms with E-state index in [9.17, 15) is 0 Å². The lowest BCUT2D eigenvalue weighted by atomic mass is 10.2. The number of benzene rings is 3. The molecular weight excluding hydrogens is 555 g/mol. The van der Waals surface area contributed by atoms with E-state index in [-0.39, 0.29) is 0 Å². The number of thiocarbonyl (C=S) groups is 3. The number of hydrogen-bond acceptors (Lipinski definition) is 9. The van der Waals surface area contributed by atoms with Gasteiger partial charge in [0.25, 0.3) is 0 Å². The Morgan fingerprint density at radius 2 is 1.13 bits per heavy atom. The number of aryl methyl sites for hydroxylation is 1. The van der Waals surface area contributed by atoms with Crippen LogP contribution in [0, 0.1) is 6.92 Å². The van der Waals surface area contributed by atoms with Crippen LogP contribution < -0.4 is 0 Å². The number of rotatable bonds is 7. The van der Waals surface area contributed by atoms with E-state index in [1.165, 1.54) is 16.7 Å². The fourth-order valence-electron chi connectivity index (χ4n) is 2.22. The van der Waals surface area contributed by atoms with Crippen LogP contribution in [0.2, 0.25) is 0 Å². The second kappa shape index (κ2) is 29.6. The van der Waals surface area contributed by atoms with Gasteiger partial charge in [-0.25, -0.2) is 15.0 Å². The van der Waals surface area contributed by atoms with Gasteiger partial charge in [-0.3, -0.25) is 0 Å². The fraction of sp³-hybridized carbons (Fsp3) is 0.179. The zero-order valence-corrected chi connectivity index (χ0v) is 24.2. The third-order valence-electron chi connectivity index (χ3n) is 3.81. The third kappa shape index (κ3) is 30.5. The maximum absolute atomic E-state index is 8.44. The summed E-state index contributed by atoms with van der Waals surface area (Å²) < 4.78 is 25.3. The summed E-state index contributed by atoms with van der Waals surface area (Å²) in [6, 6.07) is 30.4. The van der Waals surface area contributed by atoms with E-state index in [4.69, 9.17) is 12.6 Å². The van der Waals surface area contributed by atoms with Crippen molar-refractivity contribution in [3.05, 3.63) is 120 Å². The first-order valence-electron chi connectivity index (χ1n) is 11.0. The molecule has 0 aromatic heterocycles. The van der Waals surface area contributed by atoms with E-state index < -0.39 is 10.6 Å². The second-order valence-electron chi connectivity index (χ2n) is 6.68. The highest BCUT2D eigenvalue weighted by Crippen LogP contribution is 1.99. The second-order valence-corrected chi connectivity index (χ2v) is 7.64. The van der Waals surface area contributed by atoms with Gasteiger partial charge in [-0.2, -0.15) is 0 Å². The predicted octanol–water partition coefficient (Wildman–Crippen LogP) is 6.89. The summed E-state index contributed by atoms with van der Waals surface area (Å²) in [7, 11) is -3.11. The highest BCUT2D eigenvalue weighted by molar-refractivity contribution is 7.78. The minimum atomic E-state index is -3.11. The lowest BCUT2D eigenvalue weighted by Gasteiger charge is -1.94. The van der Waals surface area contributed by atoms with Gasteiger partial charge in [0.15, 0.2) is 0 Å². The van der Waals surface area contributed by atoms with Crippen molar-refractivity contribution in [2.45, 2.75) is 19.9 Å². The first-order chi connectivity index (χ1) is 18.4. The molecule has 198 valence electrons. The quantitative estimate of drug-likeness (QED) is 0.171. The van der Waals surface area contributed by atoms with E-state index in [0.717, 1.165) is 13.0 Å². The van der Waals surface area contributed by atoms with Crippen molar-refractivity contribution in [3.63, 3.8) is 0 Å². The van der Waals surface area contributed by atoms with Crippen LogP contribution in [0.4, 0.5) is 0 Å². The molecule has 0 unspecified atom stereocenters. The first kappa shape index (κ1) is 36.6. The van der Waals surface area contributed by atoms with Gasteiger partial charge in [-0.15, -0.1) is 19.2 Å². The largest absolute Gasteiger partial charge is 0.425 e. The highest BCUT2D eigenvalue weighted by atomic mass is 32.2. The number of isothiocyanates is 3. The van der Waals surface area contributed by atoms with E-state index in [0.29, 0.717) is 13.1 Å². The number of hydrogen-bond donors (Lipinski definition) is 0. The van der Waals surface area contributed by atoms with E-state index in [1.54, 1.807) is 6.08 Å². The van der Waals surface area contributed by atoms with Crippen LogP contribution >= 0.6 is 36.7 Å². The van der Waals surface area contributed by atoms with Gasteiger partial charge in [0, 0.05) is 0 Å². The Morgan fingerprint density at radius 3 is 1.47 bits per heavy atom. The summed E-state index contributed by atoms with van der Waals surface area (Å²) >= 11 is 13.1. The molecule has 0 bridgehead atoms. The average Bonchev–Trinajstić information content (AvgIpc) is 2.93. The van der Waals surface area contributed by atoms with Gasteiger partial charge in [-0.1, -0.05) is 103 Å². The van der Waals surface area contributed by atoms with Gasteiger partial charge in [-0.05, 0) is 61.1 Å². The van der Waals surface area contributed by atoms with Crippen LogP contribution in [-0.4, -0.2) is 41.2 Å². The van der Waals surface area contributed by atoms with Crippen molar-refractivity contribution in [1.29, 1.82) is 0 Å². The summed E-state index contributed by atoms with van der Waals surface area (Å²) in [5, 5.41) is 6.88. The van der Waals surface area contributed by atoms with Crippen molar-refractivity contribution in [1.82, 2.24) is 0 Å². The topological polar surface area (TPSA) is 88.3 Å². The van der Waals surface area contributed by atoms with E-state index in [1.807, 2.05) is 66.7 Å². The summed E-state index contributed by atoms with van der Waals surface area (Å²) in [4.78, 5) is 11.2. The maximum atomic E-state index is 8.44. The standard InChI is InChI=1S/C9H9NS.C8H7NS.C7H8.C4H5NS.O3S/c11-8-10-7-6-9-4-2-1-3-5-9;10-7-9-6-8-4-2-1-3-5-8;1-7-5-3-2-4-6-7;1-2-3-5-4-6;1-4(2)3/h1-5H,6-7H2;1-5H,6H2;2-6H,1H3;2H,1,3H2;. The van der Waals surface area contributed by atoms with Gasteiger partial charge < -0.3 is 0 Å². The smallest absolute Gasteiger partial charge is 0.232 e. The van der Waals surface area contributed by atoms with Gasteiger partial charge in [0.2, 0.25) is 0 Å². The number of nitrogens with zero attached hydrogens (tertiary/aromatic N) is 3. The van der Waals surface area contributed by atoms with E-state index >= 15 is 0 Å². The summed E-state index contributed by atoms with van der Waals surface area (Å²) in [6.07, 6.45) is 2.61. The van der Waals surface area contributed by atoms with Crippen LogP contribution in [0.3, 0.4) is 0 Å². The average molecular weight is 584 g/mol. The molecule has 0 aliphatic heterocycles. The Morgan fingerprint density at radius 1 is 0.711 bits per heavy atom. The normalized spacial score (nSPS) is 7.92. The Balaban J connectivity index is 0. The minimum absolute atomic E-state index is 0.587. The molecular formula is C28H29N3O3S4. The Kier molecular flexibility index (Phi) is 28.5. The van der Waals surface area contributed by atoms with Crippen molar-refractivity contribution >= 4 is 62.7 Å². The summed E-state index contributed by atoms with van der Waals surface area (Å²) in [6.45, 7) is 7.48.